The molecule has 5 rings (SSSR count). The molecule has 3 heterocycles. The monoisotopic (exact) mass is 406 g/mol. The van der Waals surface area contributed by atoms with E-state index in [0.29, 0.717) is 5.02 Å². The fraction of sp³-hybridized carbons (Fsp3) is 0.136. The SMILES string of the molecule is O=c1[nH]c(C2CC2)c(Nc2ccnc3ccncc23)cc1-c1cc(Cl)ccc1F. The molecule has 7 heteroatoms. The van der Waals surface area contributed by atoms with Crippen molar-refractivity contribution in [2.24, 2.45) is 0 Å². The van der Waals surface area contributed by atoms with Crippen LogP contribution in [0.3, 0.4) is 0 Å². The highest BCUT2D eigenvalue weighted by molar-refractivity contribution is 6.30. The molecule has 1 aliphatic rings. The van der Waals surface area contributed by atoms with Crippen LogP contribution in [0.1, 0.15) is 24.5 Å². The first kappa shape index (κ1) is 17.8. The standard InChI is InChI=1S/C22H16ClFN4O/c23-13-3-4-17(24)14(9-13)15-10-20(21(12-1-2-12)28-22(15)29)27-19-6-8-26-18-5-7-25-11-16(18)19/h3-12H,1-2H2,(H,26,27)(H,28,29). The fourth-order valence-corrected chi connectivity index (χ4v) is 3.66. The molecule has 0 bridgehead atoms. The number of nitrogens with zero attached hydrogens (tertiary/aromatic N) is 2. The Kier molecular flexibility index (Phi) is 4.28. The van der Waals surface area contributed by atoms with E-state index in [1.54, 1.807) is 24.7 Å². The lowest BCUT2D eigenvalue weighted by Gasteiger charge is -2.15. The van der Waals surface area contributed by atoms with Crippen LogP contribution in [0.2, 0.25) is 5.02 Å². The molecule has 0 unspecified atom stereocenters. The number of benzene rings is 1. The number of nitrogens with one attached hydrogen (secondary N) is 2. The van der Waals surface area contributed by atoms with Crippen molar-refractivity contribution in [1.29, 1.82) is 0 Å². The maximum Gasteiger partial charge on any atom is 0.256 e. The van der Waals surface area contributed by atoms with E-state index in [0.717, 1.165) is 40.8 Å². The quantitative estimate of drug-likeness (QED) is 0.476. The van der Waals surface area contributed by atoms with Crippen molar-refractivity contribution in [3.8, 4) is 11.1 Å². The molecule has 29 heavy (non-hydrogen) atoms. The van der Waals surface area contributed by atoms with Gasteiger partial charge in [0.1, 0.15) is 5.82 Å². The molecule has 1 aromatic carbocycles. The van der Waals surface area contributed by atoms with Gasteiger partial charge in [0.25, 0.3) is 5.56 Å². The topological polar surface area (TPSA) is 70.7 Å². The summed E-state index contributed by atoms with van der Waals surface area (Å²) in [5.41, 5.74) is 3.25. The lowest BCUT2D eigenvalue weighted by molar-refractivity contribution is 0.631. The highest BCUT2D eigenvalue weighted by atomic mass is 35.5. The molecule has 0 aliphatic heterocycles. The number of hydrogen-bond acceptors (Lipinski definition) is 4. The molecular formula is C22H16ClFN4O. The van der Waals surface area contributed by atoms with Crippen molar-refractivity contribution in [3.63, 3.8) is 0 Å². The van der Waals surface area contributed by atoms with Crippen molar-refractivity contribution < 1.29 is 4.39 Å². The van der Waals surface area contributed by atoms with Gasteiger partial charge in [0.15, 0.2) is 0 Å². The average molecular weight is 407 g/mol. The Balaban J connectivity index is 1.67. The number of hydrogen-bond donors (Lipinski definition) is 2. The second-order valence-electron chi connectivity index (χ2n) is 7.11. The van der Waals surface area contributed by atoms with Gasteiger partial charge in [-0.15, -0.1) is 0 Å². The van der Waals surface area contributed by atoms with Crippen molar-refractivity contribution >= 4 is 33.9 Å². The zero-order valence-corrected chi connectivity index (χ0v) is 16.0. The Bertz CT molecular complexity index is 1290. The van der Waals surface area contributed by atoms with Gasteiger partial charge in [-0.3, -0.25) is 14.8 Å². The van der Waals surface area contributed by atoms with Gasteiger partial charge in [0.05, 0.1) is 22.5 Å². The number of H-pyrrole nitrogens is 1. The van der Waals surface area contributed by atoms with E-state index in [2.05, 4.69) is 20.3 Å². The van der Waals surface area contributed by atoms with Gasteiger partial charge < -0.3 is 10.3 Å². The first-order chi connectivity index (χ1) is 14.1. The second kappa shape index (κ2) is 6.97. The molecule has 0 radical (unpaired) electrons. The van der Waals surface area contributed by atoms with Gasteiger partial charge in [0.2, 0.25) is 0 Å². The zero-order valence-electron chi connectivity index (χ0n) is 15.2. The summed E-state index contributed by atoms with van der Waals surface area (Å²) in [5, 5.41) is 4.63. The van der Waals surface area contributed by atoms with Crippen molar-refractivity contribution in [1.82, 2.24) is 15.0 Å². The first-order valence-electron chi connectivity index (χ1n) is 9.28. The Morgan fingerprint density at radius 1 is 1.07 bits per heavy atom. The normalized spacial score (nSPS) is 13.6. The fourth-order valence-electron chi connectivity index (χ4n) is 3.49. The van der Waals surface area contributed by atoms with E-state index in [4.69, 9.17) is 11.6 Å². The summed E-state index contributed by atoms with van der Waals surface area (Å²) >= 11 is 6.04. The first-order valence-corrected chi connectivity index (χ1v) is 9.66. The third-order valence-corrected chi connectivity index (χ3v) is 5.32. The number of anilines is 2. The van der Waals surface area contributed by atoms with E-state index in [-0.39, 0.29) is 22.6 Å². The van der Waals surface area contributed by atoms with Crippen LogP contribution in [0.15, 0.2) is 59.8 Å². The summed E-state index contributed by atoms with van der Waals surface area (Å²) < 4.78 is 14.4. The lowest BCUT2D eigenvalue weighted by atomic mass is 10.0. The molecule has 0 atom stereocenters. The molecule has 0 spiro atoms. The number of rotatable bonds is 4. The maximum absolute atomic E-state index is 14.4. The molecule has 5 nitrogen and oxygen atoms in total. The van der Waals surface area contributed by atoms with Crippen LogP contribution in [0.5, 0.6) is 0 Å². The van der Waals surface area contributed by atoms with Crippen LogP contribution in [0.4, 0.5) is 15.8 Å². The van der Waals surface area contributed by atoms with Crippen molar-refractivity contribution in [2.75, 3.05) is 5.32 Å². The van der Waals surface area contributed by atoms with Crippen molar-refractivity contribution in [2.45, 2.75) is 18.8 Å². The molecular weight excluding hydrogens is 391 g/mol. The largest absolute Gasteiger partial charge is 0.353 e. The third kappa shape index (κ3) is 3.36. The number of fused-ring (bicyclic) bond motifs is 1. The highest BCUT2D eigenvalue weighted by Crippen LogP contribution is 2.43. The number of aromatic nitrogens is 3. The molecule has 2 N–H and O–H groups in total. The minimum Gasteiger partial charge on any atom is -0.353 e. The Morgan fingerprint density at radius 2 is 1.93 bits per heavy atom. The predicted molar refractivity (Wildman–Crippen MR) is 112 cm³/mol. The van der Waals surface area contributed by atoms with Crippen LogP contribution < -0.4 is 10.9 Å². The molecule has 144 valence electrons. The van der Waals surface area contributed by atoms with Crippen LogP contribution in [0.25, 0.3) is 22.0 Å². The number of pyridine rings is 3. The van der Waals surface area contributed by atoms with Crippen LogP contribution in [0, 0.1) is 5.82 Å². The Hall–Kier alpha value is -3.25. The Morgan fingerprint density at radius 3 is 2.76 bits per heavy atom. The van der Waals surface area contributed by atoms with Gasteiger partial charge in [-0.1, -0.05) is 11.6 Å². The minimum atomic E-state index is -0.497. The lowest BCUT2D eigenvalue weighted by Crippen LogP contribution is -2.14. The summed E-state index contributed by atoms with van der Waals surface area (Å²) in [4.78, 5) is 24.2. The van der Waals surface area contributed by atoms with Crippen LogP contribution in [-0.4, -0.2) is 15.0 Å². The molecule has 3 aromatic heterocycles. The summed E-state index contributed by atoms with van der Waals surface area (Å²) in [6.45, 7) is 0. The van der Waals surface area contributed by atoms with Gasteiger partial charge in [-0.25, -0.2) is 4.39 Å². The number of halogens is 2. The van der Waals surface area contributed by atoms with Gasteiger partial charge in [-0.05, 0) is 49.2 Å². The van der Waals surface area contributed by atoms with E-state index in [9.17, 15) is 9.18 Å². The van der Waals surface area contributed by atoms with Crippen LogP contribution >= 0.6 is 11.6 Å². The number of aromatic amines is 1. The van der Waals surface area contributed by atoms with E-state index in [1.807, 2.05) is 12.1 Å². The summed E-state index contributed by atoms with van der Waals surface area (Å²) in [6, 6.07) is 9.58. The smallest absolute Gasteiger partial charge is 0.256 e. The summed E-state index contributed by atoms with van der Waals surface area (Å²) in [7, 11) is 0. The average Bonchev–Trinajstić information content (AvgIpc) is 3.56. The van der Waals surface area contributed by atoms with Crippen LogP contribution in [-0.2, 0) is 0 Å². The van der Waals surface area contributed by atoms with E-state index in [1.165, 1.54) is 18.2 Å². The third-order valence-electron chi connectivity index (χ3n) is 5.09. The maximum atomic E-state index is 14.4. The predicted octanol–water partition coefficient (Wildman–Crippen LogP) is 5.40. The summed E-state index contributed by atoms with van der Waals surface area (Å²) in [5.74, 6) is -0.210. The van der Waals surface area contributed by atoms with Gasteiger partial charge >= 0.3 is 0 Å². The highest BCUT2D eigenvalue weighted by Gasteiger charge is 2.28. The van der Waals surface area contributed by atoms with Crippen molar-refractivity contribution in [3.05, 3.63) is 81.9 Å². The molecule has 0 amide bonds. The van der Waals surface area contributed by atoms with E-state index < -0.39 is 5.82 Å². The van der Waals surface area contributed by atoms with Gasteiger partial charge in [-0.2, -0.15) is 0 Å². The van der Waals surface area contributed by atoms with E-state index >= 15 is 0 Å². The zero-order chi connectivity index (χ0) is 20.0. The minimum absolute atomic E-state index is 0.172. The molecule has 0 saturated heterocycles. The second-order valence-corrected chi connectivity index (χ2v) is 7.55. The molecule has 1 aliphatic carbocycles. The summed E-state index contributed by atoms with van der Waals surface area (Å²) in [6.07, 6.45) is 7.16. The van der Waals surface area contributed by atoms with Gasteiger partial charge in [0, 0.05) is 46.2 Å². The molecule has 1 fully saturated rings. The Labute approximate surface area is 170 Å². The molecule has 1 saturated carbocycles. The molecule has 4 aromatic rings.